The van der Waals surface area contributed by atoms with Crippen molar-refractivity contribution < 1.29 is 4.90 Å². The molecule has 0 amide bonds. The number of hydrogen-bond donors (Lipinski definition) is 1. The molecule has 1 aromatic rings. The molecule has 0 spiro atoms. The van der Waals surface area contributed by atoms with E-state index in [1.807, 2.05) is 0 Å². The predicted molar refractivity (Wildman–Crippen MR) is 71.6 cm³/mol. The molecule has 1 aromatic carbocycles. The zero-order chi connectivity index (χ0) is 11.2. The van der Waals surface area contributed by atoms with Crippen LogP contribution in [0.1, 0.15) is 37.7 Å². The number of rotatable bonds is 2. The smallest absolute Gasteiger partial charge is 0.104 e. The van der Waals surface area contributed by atoms with Crippen molar-refractivity contribution in [2.45, 2.75) is 38.6 Å². The molecule has 16 heavy (non-hydrogen) atoms. The number of likely N-dealkylation sites (tertiary alicyclic amines) is 1. The first kappa shape index (κ1) is 12.1. The monoisotopic (exact) mass is 282 g/mol. The lowest BCUT2D eigenvalue weighted by atomic mass is 10.1. The molecule has 1 nitrogen and oxygen atoms in total. The molecule has 0 atom stereocenters. The van der Waals surface area contributed by atoms with E-state index in [-0.39, 0.29) is 0 Å². The Labute approximate surface area is 107 Å². The minimum absolute atomic E-state index is 1.18. The van der Waals surface area contributed by atoms with Crippen LogP contribution < -0.4 is 4.90 Å². The molecule has 1 aliphatic heterocycles. The van der Waals surface area contributed by atoms with Crippen LogP contribution in [-0.2, 0) is 6.54 Å². The molecule has 2 rings (SSSR count). The molecule has 88 valence electrons. The lowest BCUT2D eigenvalue weighted by Gasteiger charge is -2.22. The Morgan fingerprint density at radius 1 is 0.938 bits per heavy atom. The second-order valence-corrected chi connectivity index (χ2v) is 5.64. The van der Waals surface area contributed by atoms with E-state index in [9.17, 15) is 0 Å². The maximum Gasteiger partial charge on any atom is 0.104 e. The molecule has 0 aliphatic carbocycles. The first-order valence-corrected chi connectivity index (χ1v) is 7.22. The van der Waals surface area contributed by atoms with Crippen molar-refractivity contribution in [3.8, 4) is 0 Å². The Bertz CT molecular complexity index is 316. The van der Waals surface area contributed by atoms with Gasteiger partial charge in [0.25, 0.3) is 0 Å². The van der Waals surface area contributed by atoms with E-state index >= 15 is 0 Å². The van der Waals surface area contributed by atoms with E-state index in [1.54, 1.807) is 4.90 Å². The molecular formula is C14H21BrN+. The van der Waals surface area contributed by atoms with Crippen molar-refractivity contribution in [2.75, 3.05) is 13.1 Å². The summed E-state index contributed by atoms with van der Waals surface area (Å²) < 4.78 is 1.27. The second kappa shape index (κ2) is 6.41. The Kier molecular flexibility index (Phi) is 4.86. The van der Waals surface area contributed by atoms with Gasteiger partial charge in [-0.2, -0.15) is 0 Å². The summed E-state index contributed by atoms with van der Waals surface area (Å²) >= 11 is 3.64. The van der Waals surface area contributed by atoms with Crippen molar-refractivity contribution in [1.29, 1.82) is 0 Å². The normalized spacial score (nSPS) is 19.1. The largest absolute Gasteiger partial charge is 0.331 e. The summed E-state index contributed by atoms with van der Waals surface area (Å²) in [6, 6.07) is 8.63. The van der Waals surface area contributed by atoms with Gasteiger partial charge in [0, 0.05) is 10.0 Å². The quantitative estimate of drug-likeness (QED) is 0.851. The van der Waals surface area contributed by atoms with Crippen LogP contribution in [0.15, 0.2) is 28.7 Å². The van der Waals surface area contributed by atoms with E-state index in [1.165, 1.54) is 61.8 Å². The van der Waals surface area contributed by atoms with Crippen LogP contribution in [0.3, 0.4) is 0 Å². The highest BCUT2D eigenvalue weighted by Crippen LogP contribution is 2.14. The van der Waals surface area contributed by atoms with Gasteiger partial charge >= 0.3 is 0 Å². The van der Waals surface area contributed by atoms with E-state index < -0.39 is 0 Å². The highest BCUT2D eigenvalue weighted by Gasteiger charge is 2.12. The van der Waals surface area contributed by atoms with Crippen molar-refractivity contribution >= 4 is 15.9 Å². The molecule has 1 fully saturated rings. The lowest BCUT2D eigenvalue weighted by molar-refractivity contribution is -0.914. The third-order valence-corrected chi connectivity index (χ3v) is 4.23. The third kappa shape index (κ3) is 3.60. The van der Waals surface area contributed by atoms with Crippen molar-refractivity contribution in [3.63, 3.8) is 0 Å². The Morgan fingerprint density at radius 2 is 1.56 bits per heavy atom. The van der Waals surface area contributed by atoms with Crippen molar-refractivity contribution in [3.05, 3.63) is 34.3 Å². The molecule has 1 aliphatic rings. The number of nitrogens with one attached hydrogen (secondary N) is 1. The first-order chi connectivity index (χ1) is 7.86. The van der Waals surface area contributed by atoms with Gasteiger partial charge in [-0.15, -0.1) is 0 Å². The zero-order valence-corrected chi connectivity index (χ0v) is 11.4. The molecular weight excluding hydrogens is 262 g/mol. The molecule has 1 saturated heterocycles. The molecule has 0 saturated carbocycles. The molecule has 1 heterocycles. The van der Waals surface area contributed by atoms with Crippen molar-refractivity contribution in [1.82, 2.24) is 0 Å². The summed E-state index contributed by atoms with van der Waals surface area (Å²) in [5, 5.41) is 0. The summed E-state index contributed by atoms with van der Waals surface area (Å²) in [7, 11) is 0. The van der Waals surface area contributed by atoms with Crippen LogP contribution >= 0.6 is 15.9 Å². The van der Waals surface area contributed by atoms with Crippen LogP contribution in [0.2, 0.25) is 0 Å². The first-order valence-electron chi connectivity index (χ1n) is 6.43. The summed E-state index contributed by atoms with van der Waals surface area (Å²) in [6.07, 6.45) is 7.11. The number of hydrogen-bond acceptors (Lipinski definition) is 0. The molecule has 1 N–H and O–H groups in total. The molecule has 0 aromatic heterocycles. The Hall–Kier alpha value is -0.340. The summed E-state index contributed by atoms with van der Waals surface area (Å²) in [6.45, 7) is 3.88. The van der Waals surface area contributed by atoms with E-state index in [4.69, 9.17) is 0 Å². The van der Waals surface area contributed by atoms with Gasteiger partial charge in [-0.1, -0.05) is 40.5 Å². The van der Waals surface area contributed by atoms with Gasteiger partial charge in [0.2, 0.25) is 0 Å². The lowest BCUT2D eigenvalue weighted by Crippen LogP contribution is -3.10. The number of quaternary nitrogens is 1. The Morgan fingerprint density at radius 3 is 2.25 bits per heavy atom. The van der Waals surface area contributed by atoms with Gasteiger partial charge in [0.05, 0.1) is 13.1 Å². The average molecular weight is 283 g/mol. The molecule has 0 radical (unpaired) electrons. The fourth-order valence-corrected chi connectivity index (χ4v) is 2.92. The van der Waals surface area contributed by atoms with Crippen LogP contribution in [0.25, 0.3) is 0 Å². The van der Waals surface area contributed by atoms with Gasteiger partial charge in [0.15, 0.2) is 0 Å². The van der Waals surface area contributed by atoms with Crippen molar-refractivity contribution in [2.24, 2.45) is 0 Å². The summed E-state index contributed by atoms with van der Waals surface area (Å²) in [5.41, 5.74) is 1.46. The van der Waals surface area contributed by atoms with E-state index in [2.05, 4.69) is 40.2 Å². The van der Waals surface area contributed by atoms with Gasteiger partial charge < -0.3 is 4.90 Å². The third-order valence-electron chi connectivity index (χ3n) is 3.46. The molecule has 2 heteroatoms. The zero-order valence-electron chi connectivity index (χ0n) is 9.84. The predicted octanol–water partition coefficient (Wildman–Crippen LogP) is 2.80. The minimum Gasteiger partial charge on any atom is -0.331 e. The van der Waals surface area contributed by atoms with Crippen LogP contribution in [0.5, 0.6) is 0 Å². The fraction of sp³-hybridized carbons (Fsp3) is 0.571. The standard InChI is InChI=1S/C14H20BrN/c15-14-9-5-4-8-13(14)12-16-10-6-2-1-3-7-11-16/h4-5,8-9H,1-3,6-7,10-12H2/p+1. The average Bonchev–Trinajstić information content (AvgIpc) is 2.24. The number of benzene rings is 1. The maximum absolute atomic E-state index is 3.64. The summed E-state index contributed by atoms with van der Waals surface area (Å²) in [4.78, 5) is 1.76. The van der Waals surface area contributed by atoms with Gasteiger partial charge in [-0.05, 0) is 31.7 Å². The second-order valence-electron chi connectivity index (χ2n) is 4.79. The van der Waals surface area contributed by atoms with Crippen LogP contribution in [0.4, 0.5) is 0 Å². The SMILES string of the molecule is Brc1ccccc1C[NH+]1CCCCCCC1. The van der Waals surface area contributed by atoms with Crippen LogP contribution in [0, 0.1) is 0 Å². The van der Waals surface area contributed by atoms with E-state index in [0.29, 0.717) is 0 Å². The highest BCUT2D eigenvalue weighted by molar-refractivity contribution is 9.10. The van der Waals surface area contributed by atoms with Gasteiger partial charge in [-0.3, -0.25) is 0 Å². The number of halogens is 1. The van der Waals surface area contributed by atoms with Gasteiger partial charge in [-0.25, -0.2) is 0 Å². The summed E-state index contributed by atoms with van der Waals surface area (Å²) in [5.74, 6) is 0. The maximum atomic E-state index is 3.64. The highest BCUT2D eigenvalue weighted by atomic mass is 79.9. The van der Waals surface area contributed by atoms with Crippen LogP contribution in [-0.4, -0.2) is 13.1 Å². The Balaban J connectivity index is 1.94. The minimum atomic E-state index is 1.18. The fourth-order valence-electron chi connectivity index (χ4n) is 2.49. The molecule has 0 unspecified atom stereocenters. The van der Waals surface area contributed by atoms with E-state index in [0.717, 1.165) is 0 Å². The topological polar surface area (TPSA) is 4.44 Å². The van der Waals surface area contributed by atoms with Gasteiger partial charge in [0.1, 0.15) is 6.54 Å². The molecule has 0 bridgehead atoms.